The maximum Gasteiger partial charge on any atom is 0.260 e. The van der Waals surface area contributed by atoms with Gasteiger partial charge in [-0.2, -0.15) is 0 Å². The maximum absolute atomic E-state index is 7.40. The van der Waals surface area contributed by atoms with E-state index in [1.165, 1.54) is 21.9 Å². The lowest BCUT2D eigenvalue weighted by atomic mass is 9.28. The quantitative estimate of drug-likeness (QED) is 0.151. The van der Waals surface area contributed by atoms with Crippen molar-refractivity contribution in [1.29, 1.82) is 0 Å². The first-order chi connectivity index (χ1) is 35.2. The number of hydrogen-bond acceptors (Lipinski definition) is 8. The number of para-hydroxylation sites is 7. The molecule has 0 radical (unpaired) electrons. The average Bonchev–Trinajstić information content (AvgIpc) is 3.42. The van der Waals surface area contributed by atoms with E-state index in [-0.39, 0.29) is 20.1 Å². The molecule has 8 aliphatic heterocycles. The second-order valence-electron chi connectivity index (χ2n) is 19.4. The second-order valence-corrected chi connectivity index (χ2v) is 19.4. The van der Waals surface area contributed by atoms with Crippen molar-refractivity contribution in [2.75, 3.05) is 14.7 Å². The van der Waals surface area contributed by atoms with Crippen LogP contribution in [0.4, 0.5) is 51.2 Å². The molecule has 8 heterocycles. The number of anilines is 9. The van der Waals surface area contributed by atoms with Crippen LogP contribution in [0, 0.1) is 0 Å². The molecule has 11 heteroatoms. The van der Waals surface area contributed by atoms with Gasteiger partial charge in [-0.15, -0.1) is 0 Å². The van der Waals surface area contributed by atoms with E-state index in [2.05, 4.69) is 172 Å². The molecule has 71 heavy (non-hydrogen) atoms. The Morgan fingerprint density at radius 3 is 1.55 bits per heavy atom. The fourth-order valence-corrected chi connectivity index (χ4v) is 13.3. The predicted octanol–water partition coefficient (Wildman–Crippen LogP) is 9.11. The average molecular weight is 907 g/mol. The van der Waals surface area contributed by atoms with E-state index in [0.717, 1.165) is 136 Å². The molecule has 0 N–H and O–H groups in total. The zero-order valence-corrected chi connectivity index (χ0v) is 37.6. The molecule has 8 aliphatic rings. The van der Waals surface area contributed by atoms with Crippen molar-refractivity contribution in [1.82, 2.24) is 0 Å². The summed E-state index contributed by atoms with van der Waals surface area (Å²) in [6, 6.07) is 69.0. The van der Waals surface area contributed by atoms with E-state index in [9.17, 15) is 0 Å². The fraction of sp³-hybridized carbons (Fsp3) is 0. The number of rotatable bonds is 1. The van der Waals surface area contributed by atoms with Crippen LogP contribution in [0.5, 0.6) is 57.5 Å². The van der Waals surface area contributed by atoms with Gasteiger partial charge in [0.1, 0.15) is 40.2 Å². The Morgan fingerprint density at radius 1 is 0.239 bits per heavy atom. The van der Waals surface area contributed by atoms with E-state index in [4.69, 9.17) is 23.7 Å². The van der Waals surface area contributed by atoms with Gasteiger partial charge in [0.05, 0.1) is 11.4 Å². The zero-order chi connectivity index (χ0) is 45.8. The molecule has 0 saturated heterocycles. The molecule has 0 atom stereocenters. The minimum Gasteiger partial charge on any atom is -0.458 e. The lowest BCUT2D eigenvalue weighted by Crippen LogP contribution is -2.68. The summed E-state index contributed by atoms with van der Waals surface area (Å²) >= 11 is 0. The van der Waals surface area contributed by atoms with Crippen LogP contribution in [0.25, 0.3) is 0 Å². The molecule has 18 rings (SSSR count). The summed E-state index contributed by atoms with van der Waals surface area (Å²) in [5, 5.41) is 0. The normalized spacial score (nSPS) is 14.9. The van der Waals surface area contributed by atoms with Gasteiger partial charge < -0.3 is 33.5 Å². The largest absolute Gasteiger partial charge is 0.458 e. The van der Waals surface area contributed by atoms with Crippen molar-refractivity contribution >= 4 is 120 Å². The smallest absolute Gasteiger partial charge is 0.260 e. The summed E-state index contributed by atoms with van der Waals surface area (Å²) in [5.41, 5.74) is 19.9. The molecule has 8 nitrogen and oxygen atoms in total. The van der Waals surface area contributed by atoms with Crippen molar-refractivity contribution in [2.24, 2.45) is 0 Å². The highest BCUT2D eigenvalue weighted by Gasteiger charge is 2.53. The molecule has 0 spiro atoms. The molecular formula is C60H32B3N3O5. The Hall–Kier alpha value is -9.21. The van der Waals surface area contributed by atoms with Crippen molar-refractivity contribution in [3.63, 3.8) is 0 Å². The van der Waals surface area contributed by atoms with Crippen LogP contribution < -0.4 is 87.5 Å². The molecule has 10 aromatic carbocycles. The highest BCUT2D eigenvalue weighted by molar-refractivity contribution is 7.05. The van der Waals surface area contributed by atoms with Gasteiger partial charge in [0.2, 0.25) is 0 Å². The van der Waals surface area contributed by atoms with E-state index in [1.807, 2.05) is 36.4 Å². The lowest BCUT2D eigenvalue weighted by Gasteiger charge is -2.49. The van der Waals surface area contributed by atoms with Gasteiger partial charge in [-0.05, 0) is 116 Å². The lowest BCUT2D eigenvalue weighted by molar-refractivity contribution is 0.440. The van der Waals surface area contributed by atoms with Crippen molar-refractivity contribution in [3.05, 3.63) is 194 Å². The topological polar surface area (TPSA) is 55.9 Å². The van der Waals surface area contributed by atoms with Crippen LogP contribution in [0.15, 0.2) is 194 Å². The highest BCUT2D eigenvalue weighted by Crippen LogP contribution is 2.60. The third-order valence-corrected chi connectivity index (χ3v) is 16.0. The van der Waals surface area contributed by atoms with Crippen molar-refractivity contribution in [2.45, 2.75) is 0 Å². The minimum absolute atomic E-state index is 0.0800. The second kappa shape index (κ2) is 12.9. The number of nitrogens with zero attached hydrogens (tertiary/aromatic N) is 3. The summed E-state index contributed by atoms with van der Waals surface area (Å²) in [6.45, 7) is -0.389. The Labute approximate surface area is 408 Å². The van der Waals surface area contributed by atoms with Gasteiger partial charge in [0.25, 0.3) is 20.1 Å². The maximum atomic E-state index is 7.40. The summed E-state index contributed by atoms with van der Waals surface area (Å²) < 4.78 is 34.4. The van der Waals surface area contributed by atoms with Crippen molar-refractivity contribution < 1.29 is 23.7 Å². The molecule has 0 saturated carbocycles. The molecule has 0 bridgehead atoms. The number of fused-ring (bicyclic) bond motifs is 18. The fourth-order valence-electron chi connectivity index (χ4n) is 13.3. The first-order valence-corrected chi connectivity index (χ1v) is 24.2. The Balaban J connectivity index is 0.925. The first-order valence-electron chi connectivity index (χ1n) is 24.2. The molecule has 0 amide bonds. The zero-order valence-electron chi connectivity index (χ0n) is 37.6. The SMILES string of the molecule is c1ccc(N2c3ccccc3B3c4cc5c(cc4N4c6ccccc6B6c7cc8c(cc7Oc7cc2c3c4c76)Oc2cccc3c2N8c2ccccc2O3)Oc2cccc3c2B5c2ccccc2O3)cc1. The van der Waals surface area contributed by atoms with Gasteiger partial charge in [-0.1, -0.05) is 103 Å². The first kappa shape index (κ1) is 36.8. The molecule has 0 aliphatic carbocycles. The van der Waals surface area contributed by atoms with Crippen LogP contribution in [0.1, 0.15) is 0 Å². The molecular weight excluding hydrogens is 875 g/mol. The predicted molar refractivity (Wildman–Crippen MR) is 284 cm³/mol. The van der Waals surface area contributed by atoms with Gasteiger partial charge >= 0.3 is 0 Å². The number of ether oxygens (including phenoxy) is 5. The van der Waals surface area contributed by atoms with E-state index in [1.54, 1.807) is 0 Å². The molecule has 0 aromatic heterocycles. The van der Waals surface area contributed by atoms with Crippen LogP contribution in [-0.2, 0) is 0 Å². The highest BCUT2D eigenvalue weighted by atomic mass is 16.5. The Bertz CT molecular complexity index is 4130. The standard InChI is InChI=1S/C60H32B3N3O5/c1-2-14-33(15-3-1)64-40-19-7-4-16-34(40)61-37-28-38-52(69-49-25-12-24-48-57(49)63(38)36-18-6-10-22-46(36)67-48)30-43(37)65-41-20-8-5-17-35(41)62-39-29-44-54(32-53(39)71-55-31-45(64)56(61)60(65)58(55)62)70-51-27-13-26-50-59(51)66(44)42-21-9-11-23-47(42)68-50/h1-32H. The van der Waals surface area contributed by atoms with E-state index in [0.29, 0.717) is 0 Å². The minimum atomic E-state index is -0.179. The molecule has 0 unspecified atom stereocenters. The third kappa shape index (κ3) is 4.56. The van der Waals surface area contributed by atoms with Gasteiger partial charge in [0.15, 0.2) is 23.0 Å². The van der Waals surface area contributed by atoms with Crippen molar-refractivity contribution in [3.8, 4) is 57.5 Å². The third-order valence-electron chi connectivity index (χ3n) is 16.0. The summed E-state index contributed by atoms with van der Waals surface area (Å²) in [5.74, 6) is 7.97. The summed E-state index contributed by atoms with van der Waals surface area (Å²) in [4.78, 5) is 7.27. The Morgan fingerprint density at radius 2 is 0.761 bits per heavy atom. The van der Waals surface area contributed by atoms with Gasteiger partial charge in [-0.25, -0.2) is 0 Å². The van der Waals surface area contributed by atoms with Crippen LogP contribution in [0.3, 0.4) is 0 Å². The van der Waals surface area contributed by atoms with Gasteiger partial charge in [-0.3, -0.25) is 4.90 Å². The number of benzene rings is 10. The monoisotopic (exact) mass is 907 g/mol. The van der Waals surface area contributed by atoms with Crippen LogP contribution >= 0.6 is 0 Å². The molecule has 10 aromatic rings. The van der Waals surface area contributed by atoms with Crippen LogP contribution in [-0.4, -0.2) is 20.1 Å². The Kier molecular flexibility index (Phi) is 6.69. The number of hydrogen-bond donors (Lipinski definition) is 0. The molecule has 326 valence electrons. The van der Waals surface area contributed by atoms with E-state index < -0.39 is 0 Å². The summed E-state index contributed by atoms with van der Waals surface area (Å²) in [6.07, 6.45) is 0. The van der Waals surface area contributed by atoms with E-state index >= 15 is 0 Å². The summed E-state index contributed by atoms with van der Waals surface area (Å²) in [7, 11) is 0. The van der Waals surface area contributed by atoms with Gasteiger partial charge in [0, 0.05) is 57.8 Å². The molecule has 0 fully saturated rings. The van der Waals surface area contributed by atoms with Crippen LogP contribution in [0.2, 0.25) is 0 Å².